The Labute approximate surface area is 560 Å². The Morgan fingerprint density at radius 2 is 0.670 bits per heavy atom. The third kappa shape index (κ3) is 11.3. The fourth-order valence-corrected chi connectivity index (χ4v) is 14.9. The van der Waals surface area contributed by atoms with Gasteiger partial charge in [0, 0.05) is 62.0 Å². The molecule has 0 spiro atoms. The maximum absolute atomic E-state index is 6.35. The Kier molecular flexibility index (Phi) is 16.0. The van der Waals surface area contributed by atoms with E-state index in [1.54, 1.807) is 0 Å². The average molecular weight is 1280 g/mol. The lowest BCUT2D eigenvalue weighted by Gasteiger charge is -2.32. The monoisotopic (exact) mass is 1280 g/mol. The van der Waals surface area contributed by atoms with Crippen LogP contribution in [0.3, 0.4) is 0 Å². The van der Waals surface area contributed by atoms with Crippen molar-refractivity contribution in [3.05, 3.63) is 194 Å². The lowest BCUT2D eigenvalue weighted by molar-refractivity contribution is 0.00578. The van der Waals surface area contributed by atoms with Crippen molar-refractivity contribution in [1.29, 1.82) is 0 Å². The number of para-hydroxylation sites is 3. The van der Waals surface area contributed by atoms with Gasteiger partial charge in [-0.15, -0.1) is 22.7 Å². The molecule has 0 saturated carbocycles. The summed E-state index contributed by atoms with van der Waals surface area (Å²) in [5.74, 6) is 0. The van der Waals surface area contributed by atoms with Crippen LogP contribution in [-0.2, 0) is 37.2 Å². The summed E-state index contributed by atoms with van der Waals surface area (Å²) < 4.78 is 66.8. The zero-order valence-corrected chi connectivity index (χ0v) is 58.3. The van der Waals surface area contributed by atoms with Gasteiger partial charge in [-0.2, -0.15) is 0 Å². The van der Waals surface area contributed by atoms with E-state index in [4.69, 9.17) is 46.1 Å². The first-order valence-corrected chi connectivity index (χ1v) is 34.3. The van der Waals surface area contributed by atoms with Gasteiger partial charge in [-0.05, 0) is 174 Å². The maximum Gasteiger partial charge on any atom is 0.498 e. The fraction of sp³-hybridized carbons (Fsp3) is 0.308. The number of hydrogen-bond acceptors (Lipinski definition) is 12. The molecule has 13 aromatic rings. The largest absolute Gasteiger partial charge is 0.498 e. The molecular formula is C78H80B4O10S2. The number of furan rings is 2. The van der Waals surface area contributed by atoms with Crippen molar-refractivity contribution in [2.75, 3.05) is 0 Å². The van der Waals surface area contributed by atoms with Crippen LogP contribution in [0.1, 0.15) is 111 Å². The molecule has 4 aliphatic rings. The molecule has 0 unspecified atom stereocenters. The summed E-state index contributed by atoms with van der Waals surface area (Å²) in [4.78, 5) is 0. The van der Waals surface area contributed by atoms with E-state index >= 15 is 0 Å². The van der Waals surface area contributed by atoms with Gasteiger partial charge in [0.05, 0.1) is 44.8 Å². The first-order valence-electron chi connectivity index (χ1n) is 32.7. The summed E-state index contributed by atoms with van der Waals surface area (Å²) in [5.41, 5.74) is 7.53. The normalized spacial score (nSPS) is 19.5. The van der Waals surface area contributed by atoms with Crippen LogP contribution in [0.4, 0.5) is 0 Å². The van der Waals surface area contributed by atoms with E-state index in [1.165, 1.54) is 51.5 Å². The molecule has 17 rings (SSSR count). The highest BCUT2D eigenvalue weighted by atomic mass is 32.1. The van der Waals surface area contributed by atoms with Crippen LogP contribution in [0.5, 0.6) is 0 Å². The fourth-order valence-electron chi connectivity index (χ4n) is 12.5. The highest BCUT2D eigenvalue weighted by Gasteiger charge is 2.55. The van der Waals surface area contributed by atoms with Crippen molar-refractivity contribution in [2.45, 2.75) is 156 Å². The summed E-state index contributed by atoms with van der Waals surface area (Å²) in [6.07, 6.45) is 0. The van der Waals surface area contributed by atoms with Crippen LogP contribution in [0, 0.1) is 0 Å². The lowest BCUT2D eigenvalue weighted by atomic mass is 9.78. The molecule has 9 aromatic carbocycles. The van der Waals surface area contributed by atoms with E-state index in [0.29, 0.717) is 0 Å². The van der Waals surface area contributed by atoms with E-state index in [0.717, 1.165) is 65.7 Å². The second-order valence-electron chi connectivity index (χ2n) is 29.3. The molecular weight excluding hydrogens is 1200 g/mol. The molecule has 0 radical (unpaired) electrons. The Bertz CT molecular complexity index is 4940. The van der Waals surface area contributed by atoms with Gasteiger partial charge < -0.3 is 46.1 Å². The van der Waals surface area contributed by atoms with Crippen molar-refractivity contribution in [3.63, 3.8) is 0 Å². The molecule has 10 nitrogen and oxygen atoms in total. The molecule has 476 valence electrons. The van der Waals surface area contributed by atoms with Crippen molar-refractivity contribution in [1.82, 2.24) is 0 Å². The smallest absolute Gasteiger partial charge is 0.456 e. The van der Waals surface area contributed by atoms with Crippen molar-refractivity contribution >= 4 is 157 Å². The molecule has 0 amide bonds. The minimum atomic E-state index is -0.408. The highest BCUT2D eigenvalue weighted by molar-refractivity contribution is 7.27. The first-order chi connectivity index (χ1) is 44.5. The molecule has 4 aromatic heterocycles. The van der Waals surface area contributed by atoms with Crippen LogP contribution < -0.4 is 21.9 Å². The third-order valence-corrected chi connectivity index (χ3v) is 23.4. The molecule has 4 saturated heterocycles. The molecule has 0 bridgehead atoms. The van der Waals surface area contributed by atoms with Crippen LogP contribution in [0.2, 0.25) is 0 Å². The molecule has 8 heterocycles. The van der Waals surface area contributed by atoms with Gasteiger partial charge in [0.25, 0.3) is 0 Å². The standard InChI is InChI=1S/C24H23BO2S.2C18H19BO3.C18H19BO2S/c1-23(2)24(3,4)27-25(26-23)20-15-9-14-19-18-13-8-12-17(21(18)28-22(19)20)16-10-6-5-7-11-16;1-17(2)18(3,4)22-19(21-17)14-10-7-9-13-12-8-5-6-11-15(12)20-16(13)14;1-17(2)18(3,4)22-19(21-17)12-9-10-14-13-7-5-6-8-15(13)20-16(14)11-12;1-17(2)18(3,4)21-19(20-17)12-9-10-16-14(11-12)13-7-5-6-8-15(13)22-16/h5-15H,1-4H3;3*5-11H,1-4H3. The van der Waals surface area contributed by atoms with Gasteiger partial charge in [-0.25, -0.2) is 0 Å². The maximum atomic E-state index is 6.35. The molecule has 94 heavy (non-hydrogen) atoms. The number of thiophene rings is 2. The minimum Gasteiger partial charge on any atom is -0.456 e. The second-order valence-corrected chi connectivity index (χ2v) is 31.4. The van der Waals surface area contributed by atoms with Crippen LogP contribution in [0.25, 0.3) is 95.3 Å². The Morgan fingerprint density at radius 1 is 0.266 bits per heavy atom. The second kappa shape index (κ2) is 23.4. The number of fused-ring (bicyclic) bond motifs is 12. The summed E-state index contributed by atoms with van der Waals surface area (Å²) in [7, 11) is -1.41. The summed E-state index contributed by atoms with van der Waals surface area (Å²) in [5, 5.41) is 9.63. The number of benzene rings is 9. The molecule has 0 aliphatic carbocycles. The number of hydrogen-bond donors (Lipinski definition) is 0. The average Bonchev–Trinajstić information content (AvgIpc) is 1.60. The van der Waals surface area contributed by atoms with Gasteiger partial charge in [-0.3, -0.25) is 0 Å². The van der Waals surface area contributed by atoms with Gasteiger partial charge >= 0.3 is 28.5 Å². The first kappa shape index (κ1) is 64.3. The van der Waals surface area contributed by atoms with Gasteiger partial charge in [0.1, 0.15) is 22.3 Å². The zero-order chi connectivity index (χ0) is 66.1. The predicted molar refractivity (Wildman–Crippen MR) is 394 cm³/mol. The summed E-state index contributed by atoms with van der Waals surface area (Å²) in [6, 6.07) is 67.2. The SMILES string of the molecule is CC1(C)OB(c2ccc3c(c2)oc2ccccc23)OC1(C)C.CC1(C)OB(c2ccc3sc4ccccc4c3c2)OC1(C)C.CC1(C)OB(c2cccc3c2oc2ccccc23)OC1(C)C.CC1(C)OB(c2cccc3c2sc2c(-c4ccccc4)cccc23)OC1(C)C. The molecule has 0 atom stereocenters. The van der Waals surface area contributed by atoms with Gasteiger partial charge in [-0.1, -0.05) is 164 Å². The van der Waals surface area contributed by atoms with Crippen molar-refractivity contribution < 1.29 is 46.1 Å². The van der Waals surface area contributed by atoms with Crippen LogP contribution >= 0.6 is 22.7 Å². The van der Waals surface area contributed by atoms with Gasteiger partial charge in [0.2, 0.25) is 0 Å². The topological polar surface area (TPSA) is 100 Å². The predicted octanol–water partition coefficient (Wildman–Crippen LogP) is 18.1. The molecule has 4 fully saturated rings. The lowest BCUT2D eigenvalue weighted by Crippen LogP contribution is -2.41. The molecule has 0 N–H and O–H groups in total. The van der Waals surface area contributed by atoms with Gasteiger partial charge in [0.15, 0.2) is 0 Å². The van der Waals surface area contributed by atoms with Crippen molar-refractivity contribution in [2.24, 2.45) is 0 Å². The van der Waals surface area contributed by atoms with E-state index in [9.17, 15) is 0 Å². The Morgan fingerprint density at radius 3 is 1.26 bits per heavy atom. The van der Waals surface area contributed by atoms with E-state index < -0.39 is 7.12 Å². The molecule has 16 heteroatoms. The van der Waals surface area contributed by atoms with Crippen LogP contribution in [-0.4, -0.2) is 73.3 Å². The van der Waals surface area contributed by atoms with E-state index in [-0.39, 0.29) is 66.2 Å². The van der Waals surface area contributed by atoms with Crippen LogP contribution in [0.15, 0.2) is 203 Å². The third-order valence-electron chi connectivity index (χ3n) is 20.9. The number of rotatable bonds is 5. The molecule has 4 aliphatic heterocycles. The van der Waals surface area contributed by atoms with Crippen molar-refractivity contribution in [3.8, 4) is 11.1 Å². The van der Waals surface area contributed by atoms with E-state index in [1.807, 2.05) is 77.3 Å². The van der Waals surface area contributed by atoms with E-state index in [2.05, 4.69) is 250 Å². The Balaban J connectivity index is 0.000000109. The minimum absolute atomic E-state index is 0.298. The zero-order valence-electron chi connectivity index (χ0n) is 56.7. The highest BCUT2D eigenvalue weighted by Crippen LogP contribution is 2.44. The summed E-state index contributed by atoms with van der Waals surface area (Å²) >= 11 is 3.67. The quantitative estimate of drug-likeness (QED) is 0.155. The summed E-state index contributed by atoms with van der Waals surface area (Å²) in [6.45, 7) is 33.3. The Hall–Kier alpha value is -7.04.